The molecule has 0 aliphatic carbocycles. The van der Waals surface area contributed by atoms with Gasteiger partial charge in [-0.15, -0.1) is 0 Å². The Morgan fingerprint density at radius 1 is 1.19 bits per heavy atom. The second kappa shape index (κ2) is 10.7. The Hall–Kier alpha value is -2.42. The van der Waals surface area contributed by atoms with Crippen molar-refractivity contribution in [1.82, 2.24) is 10.2 Å². The second-order valence-corrected chi connectivity index (χ2v) is 7.84. The summed E-state index contributed by atoms with van der Waals surface area (Å²) in [6.45, 7) is 2.20. The Bertz CT molecular complexity index is 875. The minimum atomic E-state index is -0.694. The summed E-state index contributed by atoms with van der Waals surface area (Å²) in [4.78, 5) is 14.6. The number of rotatable bonds is 7. The minimum Gasteiger partial charge on any atom is -0.497 e. The van der Waals surface area contributed by atoms with E-state index < -0.39 is 29.6 Å². The summed E-state index contributed by atoms with van der Waals surface area (Å²) >= 11 is 5.87. The monoisotopic (exact) mass is 453 g/mol. The summed E-state index contributed by atoms with van der Waals surface area (Å²) in [7, 11) is 2.96. The van der Waals surface area contributed by atoms with Gasteiger partial charge in [0, 0.05) is 67.1 Å². The van der Waals surface area contributed by atoms with Gasteiger partial charge in [0.05, 0.1) is 13.7 Å². The Morgan fingerprint density at radius 2 is 1.87 bits per heavy atom. The number of methoxy groups -OCH3 is 2. The lowest BCUT2D eigenvalue weighted by Crippen LogP contribution is -2.51. The van der Waals surface area contributed by atoms with E-state index in [1.54, 1.807) is 31.4 Å². The normalized spacial score (nSPS) is 19.1. The van der Waals surface area contributed by atoms with E-state index in [9.17, 15) is 13.6 Å². The molecule has 0 radical (unpaired) electrons. The van der Waals surface area contributed by atoms with Crippen LogP contribution in [0.3, 0.4) is 0 Å². The number of nitrogens with zero attached hydrogens (tertiary/aromatic N) is 1. The van der Waals surface area contributed by atoms with Crippen LogP contribution >= 0.6 is 11.6 Å². The third-order valence-electron chi connectivity index (χ3n) is 5.39. The molecule has 9 heteroatoms. The highest BCUT2D eigenvalue weighted by Crippen LogP contribution is 2.33. The Balaban J connectivity index is 1.80. The number of urea groups is 1. The third-order valence-corrected chi connectivity index (χ3v) is 5.64. The van der Waals surface area contributed by atoms with Crippen molar-refractivity contribution in [3.8, 4) is 5.75 Å². The van der Waals surface area contributed by atoms with Crippen molar-refractivity contribution in [3.63, 3.8) is 0 Å². The van der Waals surface area contributed by atoms with Crippen LogP contribution in [0.5, 0.6) is 5.75 Å². The molecule has 168 valence electrons. The van der Waals surface area contributed by atoms with E-state index in [2.05, 4.69) is 15.5 Å². The van der Waals surface area contributed by atoms with E-state index >= 15 is 0 Å². The summed E-state index contributed by atoms with van der Waals surface area (Å²) in [5, 5.41) is 6.17. The fraction of sp³-hybridized carbons (Fsp3) is 0.409. The molecule has 1 heterocycles. The summed E-state index contributed by atoms with van der Waals surface area (Å²) in [5.41, 5.74) is 0.512. The average Bonchev–Trinajstić information content (AvgIpc) is 2.74. The van der Waals surface area contributed by atoms with E-state index in [4.69, 9.17) is 21.1 Å². The fourth-order valence-electron chi connectivity index (χ4n) is 3.81. The van der Waals surface area contributed by atoms with Crippen LogP contribution < -0.4 is 15.4 Å². The van der Waals surface area contributed by atoms with Gasteiger partial charge < -0.3 is 25.0 Å². The molecule has 2 amide bonds. The number of nitrogens with one attached hydrogen (secondary N) is 2. The van der Waals surface area contributed by atoms with Crippen molar-refractivity contribution in [2.45, 2.75) is 18.4 Å². The molecule has 0 spiro atoms. The van der Waals surface area contributed by atoms with Crippen molar-refractivity contribution in [1.29, 1.82) is 0 Å². The van der Waals surface area contributed by atoms with Crippen LogP contribution in [0.4, 0.5) is 19.3 Å². The number of carbonyl (C=O) groups is 1. The number of benzene rings is 2. The maximum Gasteiger partial charge on any atom is 0.319 e. The maximum absolute atomic E-state index is 14.9. The highest BCUT2D eigenvalue weighted by Gasteiger charge is 2.35. The summed E-state index contributed by atoms with van der Waals surface area (Å²) in [6.07, 6.45) is 0.535. The molecule has 1 aliphatic heterocycles. The first-order valence-electron chi connectivity index (χ1n) is 9.98. The van der Waals surface area contributed by atoms with Crippen molar-refractivity contribution >= 4 is 23.3 Å². The summed E-state index contributed by atoms with van der Waals surface area (Å²) in [6, 6.07) is 8.10. The predicted octanol–water partition coefficient (Wildman–Crippen LogP) is 4.25. The summed E-state index contributed by atoms with van der Waals surface area (Å²) < 4.78 is 39.8. The van der Waals surface area contributed by atoms with Crippen LogP contribution in [-0.4, -0.2) is 57.4 Å². The fourth-order valence-corrected chi connectivity index (χ4v) is 3.94. The molecule has 3 rings (SSSR count). The molecule has 2 aromatic carbocycles. The van der Waals surface area contributed by atoms with Gasteiger partial charge in [0.15, 0.2) is 0 Å². The number of hydrogen-bond acceptors (Lipinski definition) is 4. The number of piperidine rings is 1. The van der Waals surface area contributed by atoms with Crippen molar-refractivity contribution in [3.05, 3.63) is 58.6 Å². The SMILES string of the molecule is COCCN1CCC(NC(=O)Nc2ccc(Cl)cc2)C(c2c(F)cc(OC)cc2F)C1. The zero-order valence-electron chi connectivity index (χ0n) is 17.5. The van der Waals surface area contributed by atoms with Gasteiger partial charge >= 0.3 is 6.03 Å². The highest BCUT2D eigenvalue weighted by molar-refractivity contribution is 6.30. The molecule has 0 bridgehead atoms. The van der Waals surface area contributed by atoms with Crippen LogP contribution in [0, 0.1) is 11.6 Å². The standard InChI is InChI=1S/C22H26ClF2N3O3/c1-30-10-9-28-8-7-20(27-22(29)26-15-5-3-14(23)4-6-15)17(13-28)21-18(24)11-16(31-2)12-19(21)25/h3-6,11-12,17,20H,7-10,13H2,1-2H3,(H2,26,27,29). The first-order valence-corrected chi connectivity index (χ1v) is 10.4. The molecular formula is C22H26ClF2N3O3. The first-order chi connectivity index (χ1) is 14.9. The van der Waals surface area contributed by atoms with Crippen LogP contribution in [0.15, 0.2) is 36.4 Å². The Morgan fingerprint density at radius 3 is 2.48 bits per heavy atom. The molecule has 0 saturated carbocycles. The van der Waals surface area contributed by atoms with Crippen LogP contribution in [-0.2, 0) is 4.74 Å². The molecule has 1 aliphatic rings. The van der Waals surface area contributed by atoms with E-state index in [0.717, 1.165) is 12.1 Å². The van der Waals surface area contributed by atoms with Gasteiger partial charge in [-0.2, -0.15) is 0 Å². The van der Waals surface area contributed by atoms with E-state index in [1.165, 1.54) is 7.11 Å². The van der Waals surface area contributed by atoms with Gasteiger partial charge in [0.2, 0.25) is 0 Å². The van der Waals surface area contributed by atoms with Gasteiger partial charge in [0.1, 0.15) is 17.4 Å². The van der Waals surface area contributed by atoms with Gasteiger partial charge in [0.25, 0.3) is 0 Å². The van der Waals surface area contributed by atoms with Crippen molar-refractivity contribution < 1.29 is 23.0 Å². The number of amides is 2. The Labute approximate surface area is 185 Å². The molecule has 1 fully saturated rings. The Kier molecular flexibility index (Phi) is 8.06. The number of likely N-dealkylation sites (tertiary alicyclic amines) is 1. The van der Waals surface area contributed by atoms with Gasteiger partial charge in [-0.3, -0.25) is 0 Å². The number of hydrogen-bond donors (Lipinski definition) is 2. The number of carbonyl (C=O) groups excluding carboxylic acids is 1. The summed E-state index contributed by atoms with van der Waals surface area (Å²) in [5.74, 6) is -1.86. The van der Waals surface area contributed by atoms with E-state index in [0.29, 0.717) is 43.4 Å². The molecular weight excluding hydrogens is 428 g/mol. The molecule has 6 nitrogen and oxygen atoms in total. The van der Waals surface area contributed by atoms with Gasteiger partial charge in [-0.25, -0.2) is 13.6 Å². The zero-order chi connectivity index (χ0) is 22.4. The highest BCUT2D eigenvalue weighted by atomic mass is 35.5. The zero-order valence-corrected chi connectivity index (χ0v) is 18.2. The van der Waals surface area contributed by atoms with Crippen molar-refractivity contribution in [2.24, 2.45) is 0 Å². The number of anilines is 1. The minimum absolute atomic E-state index is 0.0558. The number of ether oxygens (including phenoxy) is 2. The lowest BCUT2D eigenvalue weighted by atomic mass is 9.85. The first kappa shape index (κ1) is 23.2. The molecule has 2 unspecified atom stereocenters. The average molecular weight is 454 g/mol. The van der Waals surface area contributed by atoms with Crippen LogP contribution in [0.25, 0.3) is 0 Å². The smallest absolute Gasteiger partial charge is 0.319 e. The molecule has 2 aromatic rings. The molecule has 0 aromatic heterocycles. The molecule has 2 atom stereocenters. The lowest BCUT2D eigenvalue weighted by Gasteiger charge is -2.39. The predicted molar refractivity (Wildman–Crippen MR) is 116 cm³/mol. The lowest BCUT2D eigenvalue weighted by molar-refractivity contribution is 0.116. The van der Waals surface area contributed by atoms with E-state index in [1.807, 2.05) is 0 Å². The molecule has 31 heavy (non-hydrogen) atoms. The third kappa shape index (κ3) is 6.06. The van der Waals surface area contributed by atoms with Gasteiger partial charge in [-0.1, -0.05) is 11.6 Å². The second-order valence-electron chi connectivity index (χ2n) is 7.41. The number of halogens is 3. The molecule has 1 saturated heterocycles. The van der Waals surface area contributed by atoms with Gasteiger partial charge in [-0.05, 0) is 30.7 Å². The van der Waals surface area contributed by atoms with Crippen LogP contribution in [0.1, 0.15) is 17.9 Å². The van der Waals surface area contributed by atoms with E-state index in [-0.39, 0.29) is 11.3 Å². The molecule has 2 N–H and O–H groups in total. The van der Waals surface area contributed by atoms with Crippen LogP contribution in [0.2, 0.25) is 5.02 Å². The largest absolute Gasteiger partial charge is 0.497 e. The topological polar surface area (TPSA) is 62.8 Å². The quantitative estimate of drug-likeness (QED) is 0.657. The maximum atomic E-state index is 14.9. The van der Waals surface area contributed by atoms with Crippen molar-refractivity contribution in [2.75, 3.05) is 45.8 Å².